The fourth-order valence-electron chi connectivity index (χ4n) is 2.38. The van der Waals surface area contributed by atoms with Crippen LogP contribution in [0.3, 0.4) is 0 Å². The van der Waals surface area contributed by atoms with Crippen molar-refractivity contribution in [2.45, 2.75) is 17.9 Å². The summed E-state index contributed by atoms with van der Waals surface area (Å²) in [5.74, 6) is -1.33. The van der Waals surface area contributed by atoms with Gasteiger partial charge >= 0.3 is 0 Å². The first-order valence-corrected chi connectivity index (χ1v) is 8.51. The molecule has 1 N–H and O–H groups in total. The number of hydrogen-bond acceptors (Lipinski definition) is 4. The minimum Gasteiger partial charge on any atom is -0.250 e. The van der Waals surface area contributed by atoms with Crippen molar-refractivity contribution < 1.29 is 17.2 Å². The summed E-state index contributed by atoms with van der Waals surface area (Å²) in [6.07, 6.45) is 2.69. The molecular weight excluding hydrogens is 338 g/mol. The first-order chi connectivity index (χ1) is 11.3. The average molecular weight is 352 g/mol. The van der Waals surface area contributed by atoms with Crippen LogP contribution in [0, 0.1) is 11.6 Å². The molecule has 0 amide bonds. The minimum absolute atomic E-state index is 0.0750. The van der Waals surface area contributed by atoms with E-state index < -0.39 is 27.7 Å². The number of nitrogens with one attached hydrogen (secondary N) is 1. The molecule has 6 nitrogen and oxygen atoms in total. The molecule has 0 aliphatic rings. The normalized spacial score (nSPS) is 13.3. The Morgan fingerprint density at radius 2 is 1.96 bits per heavy atom. The maximum absolute atomic E-state index is 13.8. The molecule has 1 unspecified atom stereocenters. The summed E-state index contributed by atoms with van der Waals surface area (Å²) in [6.45, 7) is 1.44. The summed E-state index contributed by atoms with van der Waals surface area (Å²) in [4.78, 5) is 3.99. The van der Waals surface area contributed by atoms with Crippen molar-refractivity contribution in [2.24, 2.45) is 7.05 Å². The number of hydrogen-bond donors (Lipinski definition) is 1. The lowest BCUT2D eigenvalue weighted by Crippen LogP contribution is -2.27. The van der Waals surface area contributed by atoms with Crippen molar-refractivity contribution in [3.63, 3.8) is 0 Å². The molecular formula is C15H14F2N4O2S. The first kappa shape index (κ1) is 16.5. The van der Waals surface area contributed by atoms with E-state index in [0.29, 0.717) is 11.0 Å². The van der Waals surface area contributed by atoms with Crippen molar-refractivity contribution in [3.8, 4) is 0 Å². The van der Waals surface area contributed by atoms with Crippen molar-refractivity contribution >= 4 is 21.1 Å². The van der Waals surface area contributed by atoms with Gasteiger partial charge in [0.15, 0.2) is 5.65 Å². The smallest absolute Gasteiger partial charge is 0.242 e. The monoisotopic (exact) mass is 352 g/mol. The molecule has 0 aliphatic heterocycles. The maximum Gasteiger partial charge on any atom is 0.242 e. The summed E-state index contributed by atoms with van der Waals surface area (Å²) in [6, 6.07) is 3.37. The Bertz CT molecular complexity index is 1020. The van der Waals surface area contributed by atoms with Crippen LogP contribution in [0.15, 0.2) is 41.6 Å². The molecule has 3 rings (SSSR count). The highest BCUT2D eigenvalue weighted by molar-refractivity contribution is 7.89. The summed E-state index contributed by atoms with van der Waals surface area (Å²) >= 11 is 0. The van der Waals surface area contributed by atoms with Crippen molar-refractivity contribution in [2.75, 3.05) is 0 Å². The number of fused-ring (bicyclic) bond motifs is 1. The van der Waals surface area contributed by atoms with Crippen LogP contribution in [0.2, 0.25) is 0 Å². The van der Waals surface area contributed by atoms with Gasteiger partial charge in [0.1, 0.15) is 16.5 Å². The van der Waals surface area contributed by atoms with Gasteiger partial charge in [-0.1, -0.05) is 0 Å². The zero-order valence-electron chi connectivity index (χ0n) is 12.9. The van der Waals surface area contributed by atoms with E-state index >= 15 is 0 Å². The van der Waals surface area contributed by atoms with Crippen LogP contribution in [0.25, 0.3) is 11.0 Å². The zero-order valence-corrected chi connectivity index (χ0v) is 13.7. The van der Waals surface area contributed by atoms with Crippen LogP contribution in [0.1, 0.15) is 18.5 Å². The molecule has 24 heavy (non-hydrogen) atoms. The standard InChI is InChI=1S/C15H14F2N4O2S/c1-9(13-6-11(16)3-4-14(13)17)20-24(22,23)12-5-10-7-19-21(2)15(10)18-8-12/h3-9,20H,1-2H3. The van der Waals surface area contributed by atoms with Crippen LogP contribution in [-0.4, -0.2) is 23.2 Å². The van der Waals surface area contributed by atoms with Crippen LogP contribution in [0.4, 0.5) is 8.78 Å². The van der Waals surface area contributed by atoms with Gasteiger partial charge in [0, 0.05) is 30.2 Å². The Kier molecular flexibility index (Phi) is 4.06. The number of pyridine rings is 1. The van der Waals surface area contributed by atoms with E-state index in [1.54, 1.807) is 7.05 Å². The molecule has 0 fully saturated rings. The van der Waals surface area contributed by atoms with Crippen molar-refractivity contribution in [3.05, 3.63) is 53.9 Å². The fourth-order valence-corrected chi connectivity index (χ4v) is 3.58. The second kappa shape index (κ2) is 5.91. The van der Waals surface area contributed by atoms with Crippen molar-refractivity contribution in [1.29, 1.82) is 0 Å². The van der Waals surface area contributed by atoms with Crippen LogP contribution in [0.5, 0.6) is 0 Å². The molecule has 0 spiro atoms. The second-order valence-electron chi connectivity index (χ2n) is 5.36. The van der Waals surface area contributed by atoms with Gasteiger partial charge in [-0.3, -0.25) is 4.68 Å². The number of benzene rings is 1. The van der Waals surface area contributed by atoms with Gasteiger partial charge in [-0.15, -0.1) is 0 Å². The third-order valence-electron chi connectivity index (χ3n) is 3.61. The van der Waals surface area contributed by atoms with Gasteiger partial charge < -0.3 is 0 Å². The molecule has 126 valence electrons. The van der Waals surface area contributed by atoms with Crippen LogP contribution in [-0.2, 0) is 17.1 Å². The Morgan fingerprint density at radius 1 is 1.21 bits per heavy atom. The van der Waals surface area contributed by atoms with E-state index in [2.05, 4.69) is 14.8 Å². The Morgan fingerprint density at radius 3 is 2.71 bits per heavy atom. The molecule has 0 radical (unpaired) electrons. The number of halogens is 2. The lowest BCUT2D eigenvalue weighted by molar-refractivity contribution is 0.541. The average Bonchev–Trinajstić information content (AvgIpc) is 2.90. The highest BCUT2D eigenvalue weighted by atomic mass is 32.2. The lowest BCUT2D eigenvalue weighted by atomic mass is 10.1. The van der Waals surface area contributed by atoms with Gasteiger partial charge in [-0.25, -0.2) is 26.9 Å². The highest BCUT2D eigenvalue weighted by Gasteiger charge is 2.22. The predicted octanol–water partition coefficient (Wildman–Crippen LogP) is 2.29. The fraction of sp³-hybridized carbons (Fsp3) is 0.200. The Labute approximate surface area is 137 Å². The SMILES string of the molecule is CC(NS(=O)(=O)c1cnc2c(cnn2C)c1)c1cc(F)ccc1F. The molecule has 1 aromatic carbocycles. The van der Waals surface area contributed by atoms with E-state index in [9.17, 15) is 17.2 Å². The lowest BCUT2D eigenvalue weighted by Gasteiger charge is -2.15. The highest BCUT2D eigenvalue weighted by Crippen LogP contribution is 2.22. The summed E-state index contributed by atoms with van der Waals surface area (Å²) in [7, 11) is -2.27. The Hall–Kier alpha value is -2.39. The van der Waals surface area contributed by atoms with Gasteiger partial charge in [-0.05, 0) is 31.2 Å². The zero-order chi connectivity index (χ0) is 17.5. The third kappa shape index (κ3) is 3.00. The predicted molar refractivity (Wildman–Crippen MR) is 83.6 cm³/mol. The maximum atomic E-state index is 13.8. The van der Waals surface area contributed by atoms with Gasteiger partial charge in [-0.2, -0.15) is 5.10 Å². The minimum atomic E-state index is -3.96. The quantitative estimate of drug-likeness (QED) is 0.782. The van der Waals surface area contributed by atoms with Gasteiger partial charge in [0.2, 0.25) is 10.0 Å². The molecule has 2 heterocycles. The molecule has 2 aromatic heterocycles. The van der Waals surface area contributed by atoms with Crippen molar-refractivity contribution in [1.82, 2.24) is 19.5 Å². The number of aryl methyl sites for hydroxylation is 1. The number of aromatic nitrogens is 3. The van der Waals surface area contributed by atoms with E-state index in [4.69, 9.17) is 0 Å². The summed E-state index contributed by atoms with van der Waals surface area (Å²) in [5.41, 5.74) is 0.465. The summed E-state index contributed by atoms with van der Waals surface area (Å²) < 4.78 is 55.8. The van der Waals surface area contributed by atoms with E-state index in [1.165, 1.54) is 30.1 Å². The second-order valence-corrected chi connectivity index (χ2v) is 7.07. The number of rotatable bonds is 4. The largest absolute Gasteiger partial charge is 0.250 e. The van der Waals surface area contributed by atoms with Crippen LogP contribution >= 0.6 is 0 Å². The molecule has 0 aliphatic carbocycles. The molecule has 0 bridgehead atoms. The Balaban J connectivity index is 1.93. The molecule has 0 saturated heterocycles. The number of sulfonamides is 1. The molecule has 0 saturated carbocycles. The first-order valence-electron chi connectivity index (χ1n) is 7.03. The third-order valence-corrected chi connectivity index (χ3v) is 5.12. The number of nitrogens with zero attached hydrogens (tertiary/aromatic N) is 3. The van der Waals surface area contributed by atoms with Gasteiger partial charge in [0.05, 0.1) is 6.20 Å². The molecule has 1 atom stereocenters. The van der Waals surface area contributed by atoms with E-state index in [1.807, 2.05) is 0 Å². The topological polar surface area (TPSA) is 76.9 Å². The van der Waals surface area contributed by atoms with E-state index in [-0.39, 0.29) is 10.5 Å². The van der Waals surface area contributed by atoms with E-state index in [0.717, 1.165) is 18.2 Å². The molecule has 3 aromatic rings. The van der Waals surface area contributed by atoms with Crippen LogP contribution < -0.4 is 4.72 Å². The molecule has 9 heteroatoms. The van der Waals surface area contributed by atoms with Gasteiger partial charge in [0.25, 0.3) is 0 Å². The summed E-state index contributed by atoms with van der Waals surface area (Å²) in [5, 5.41) is 4.56.